The van der Waals surface area contributed by atoms with Crippen molar-refractivity contribution in [2.24, 2.45) is 13.0 Å². The summed E-state index contributed by atoms with van der Waals surface area (Å²) in [6, 6.07) is 9.21. The molecule has 132 valence electrons. The minimum Gasteiger partial charge on any atom is -0.478 e. The molecule has 2 aromatic rings. The van der Waals surface area contributed by atoms with Gasteiger partial charge in [0.1, 0.15) is 0 Å². The number of hydrogen-bond donors (Lipinski definition) is 1. The molecule has 1 atom stereocenters. The highest BCUT2D eigenvalue weighted by Gasteiger charge is 2.24. The SMILES string of the molecule is CC(=O)c1cc(CN2CCC(Cc3cccc(C(=O)O)c3)C2)n(C)c1. The Kier molecular flexibility index (Phi) is 5.04. The summed E-state index contributed by atoms with van der Waals surface area (Å²) in [5.74, 6) is -0.240. The van der Waals surface area contributed by atoms with E-state index in [0.29, 0.717) is 11.5 Å². The van der Waals surface area contributed by atoms with E-state index in [1.165, 1.54) is 0 Å². The van der Waals surface area contributed by atoms with Crippen LogP contribution in [0.25, 0.3) is 0 Å². The molecule has 1 aliphatic rings. The van der Waals surface area contributed by atoms with E-state index in [4.69, 9.17) is 5.11 Å². The summed E-state index contributed by atoms with van der Waals surface area (Å²) < 4.78 is 2.03. The highest BCUT2D eigenvalue weighted by Crippen LogP contribution is 2.23. The second-order valence-electron chi connectivity index (χ2n) is 6.99. The maximum atomic E-state index is 11.5. The molecule has 0 aliphatic carbocycles. The van der Waals surface area contributed by atoms with Gasteiger partial charge in [-0.2, -0.15) is 0 Å². The lowest BCUT2D eigenvalue weighted by Crippen LogP contribution is -2.22. The molecule has 0 spiro atoms. The molecule has 1 aromatic carbocycles. The number of rotatable bonds is 6. The van der Waals surface area contributed by atoms with Gasteiger partial charge in [0.15, 0.2) is 5.78 Å². The van der Waals surface area contributed by atoms with Crippen LogP contribution in [0.4, 0.5) is 0 Å². The van der Waals surface area contributed by atoms with E-state index in [-0.39, 0.29) is 5.78 Å². The van der Waals surface area contributed by atoms with Crippen LogP contribution in [0.5, 0.6) is 0 Å². The van der Waals surface area contributed by atoms with Crippen LogP contribution < -0.4 is 0 Å². The number of benzene rings is 1. The number of carbonyl (C=O) groups is 2. The Morgan fingerprint density at radius 3 is 2.72 bits per heavy atom. The average Bonchev–Trinajstić information content (AvgIpc) is 3.15. The van der Waals surface area contributed by atoms with Gasteiger partial charge in [0.05, 0.1) is 5.56 Å². The normalized spacial score (nSPS) is 17.8. The van der Waals surface area contributed by atoms with E-state index < -0.39 is 5.97 Å². The van der Waals surface area contributed by atoms with Crippen LogP contribution in [0, 0.1) is 5.92 Å². The quantitative estimate of drug-likeness (QED) is 0.821. The van der Waals surface area contributed by atoms with Crippen molar-refractivity contribution in [2.45, 2.75) is 26.3 Å². The molecule has 5 nitrogen and oxygen atoms in total. The number of carboxylic acids is 1. The number of aromatic carboxylic acids is 1. The van der Waals surface area contributed by atoms with Gasteiger partial charge in [-0.15, -0.1) is 0 Å². The van der Waals surface area contributed by atoms with Crippen LogP contribution in [0.2, 0.25) is 0 Å². The van der Waals surface area contributed by atoms with Crippen molar-refractivity contribution in [3.8, 4) is 0 Å². The van der Waals surface area contributed by atoms with E-state index in [1.807, 2.05) is 36.0 Å². The van der Waals surface area contributed by atoms with E-state index in [9.17, 15) is 9.59 Å². The third kappa shape index (κ3) is 4.17. The third-order valence-corrected chi connectivity index (χ3v) is 4.97. The number of nitrogens with zero attached hydrogens (tertiary/aromatic N) is 2. The topological polar surface area (TPSA) is 62.5 Å². The molecule has 1 aliphatic heterocycles. The van der Waals surface area contributed by atoms with Gasteiger partial charge in [0.25, 0.3) is 0 Å². The Balaban J connectivity index is 1.59. The van der Waals surface area contributed by atoms with E-state index >= 15 is 0 Å². The van der Waals surface area contributed by atoms with Gasteiger partial charge in [-0.1, -0.05) is 12.1 Å². The van der Waals surface area contributed by atoms with Crippen molar-refractivity contribution in [3.63, 3.8) is 0 Å². The number of aryl methyl sites for hydroxylation is 1. The van der Waals surface area contributed by atoms with Gasteiger partial charge in [-0.3, -0.25) is 9.69 Å². The molecule has 1 N–H and O–H groups in total. The second-order valence-corrected chi connectivity index (χ2v) is 6.99. The molecule has 3 rings (SSSR count). The van der Waals surface area contributed by atoms with Gasteiger partial charge in [-0.25, -0.2) is 4.79 Å². The molecule has 1 aromatic heterocycles. The van der Waals surface area contributed by atoms with Crippen molar-refractivity contribution >= 4 is 11.8 Å². The molecule has 1 saturated heterocycles. The Morgan fingerprint density at radius 2 is 2.04 bits per heavy atom. The third-order valence-electron chi connectivity index (χ3n) is 4.97. The lowest BCUT2D eigenvalue weighted by molar-refractivity contribution is 0.0696. The van der Waals surface area contributed by atoms with Gasteiger partial charge < -0.3 is 9.67 Å². The zero-order valence-corrected chi connectivity index (χ0v) is 14.7. The first-order chi connectivity index (χ1) is 11.9. The molecule has 0 saturated carbocycles. The van der Waals surface area contributed by atoms with Crippen LogP contribution in [0.15, 0.2) is 36.5 Å². The standard InChI is InChI=1S/C20H24N2O3/c1-14(23)18-10-19(21(2)12-18)13-22-7-6-16(11-22)8-15-4-3-5-17(9-15)20(24)25/h3-5,9-10,12,16H,6-8,11,13H2,1-2H3,(H,24,25). The maximum absolute atomic E-state index is 11.5. The predicted octanol–water partition coefficient (Wildman–Crippen LogP) is 2.99. The molecule has 0 amide bonds. The van der Waals surface area contributed by atoms with Gasteiger partial charge in [0, 0.05) is 37.6 Å². The minimum absolute atomic E-state index is 0.0967. The Bertz CT molecular complexity index is 794. The highest BCUT2D eigenvalue weighted by molar-refractivity contribution is 5.94. The van der Waals surface area contributed by atoms with Crippen molar-refractivity contribution in [2.75, 3.05) is 13.1 Å². The Hall–Kier alpha value is -2.40. The molecule has 5 heteroatoms. The van der Waals surface area contributed by atoms with Gasteiger partial charge in [-0.05, 0) is 56.0 Å². The zero-order valence-electron chi connectivity index (χ0n) is 14.7. The number of aromatic nitrogens is 1. The number of hydrogen-bond acceptors (Lipinski definition) is 3. The average molecular weight is 340 g/mol. The summed E-state index contributed by atoms with van der Waals surface area (Å²) in [4.78, 5) is 25.0. The summed E-state index contributed by atoms with van der Waals surface area (Å²) in [6.07, 6.45) is 3.91. The summed E-state index contributed by atoms with van der Waals surface area (Å²) >= 11 is 0. The van der Waals surface area contributed by atoms with Crippen LogP contribution in [0.3, 0.4) is 0 Å². The number of carbonyl (C=O) groups excluding carboxylic acids is 1. The van der Waals surface area contributed by atoms with Gasteiger partial charge >= 0.3 is 5.97 Å². The number of likely N-dealkylation sites (tertiary alicyclic amines) is 1. The summed E-state index contributed by atoms with van der Waals surface area (Å²) in [5.41, 5.74) is 3.36. The molecule has 25 heavy (non-hydrogen) atoms. The van der Waals surface area contributed by atoms with Gasteiger partial charge in [0.2, 0.25) is 0 Å². The summed E-state index contributed by atoms with van der Waals surface area (Å²) in [7, 11) is 1.98. The first-order valence-corrected chi connectivity index (χ1v) is 8.63. The number of carboxylic acid groups (broad SMARTS) is 1. The molecule has 0 radical (unpaired) electrons. The molecule has 0 bridgehead atoms. The number of ketones is 1. The Labute approximate surface area is 147 Å². The zero-order chi connectivity index (χ0) is 18.0. The minimum atomic E-state index is -0.875. The maximum Gasteiger partial charge on any atom is 0.335 e. The van der Waals surface area contributed by atoms with Crippen LogP contribution in [-0.2, 0) is 20.0 Å². The monoisotopic (exact) mass is 340 g/mol. The van der Waals surface area contributed by atoms with Crippen molar-refractivity contribution in [3.05, 3.63) is 58.9 Å². The lowest BCUT2D eigenvalue weighted by Gasteiger charge is -2.16. The fraction of sp³-hybridized carbons (Fsp3) is 0.400. The molecule has 2 heterocycles. The highest BCUT2D eigenvalue weighted by atomic mass is 16.4. The van der Waals surface area contributed by atoms with Crippen LogP contribution in [-0.4, -0.2) is 39.4 Å². The van der Waals surface area contributed by atoms with E-state index in [0.717, 1.165) is 49.3 Å². The molecule has 1 unspecified atom stereocenters. The molecular formula is C20H24N2O3. The van der Waals surface area contributed by atoms with Crippen LogP contribution in [0.1, 0.15) is 45.3 Å². The fourth-order valence-electron chi connectivity index (χ4n) is 3.58. The van der Waals surface area contributed by atoms with E-state index in [1.54, 1.807) is 19.1 Å². The first-order valence-electron chi connectivity index (χ1n) is 8.63. The molecule has 1 fully saturated rings. The number of Topliss-reactive ketones (excluding diaryl/α,β-unsaturated/α-hetero) is 1. The van der Waals surface area contributed by atoms with Crippen molar-refractivity contribution in [1.82, 2.24) is 9.47 Å². The summed E-state index contributed by atoms with van der Waals surface area (Å²) in [5, 5.41) is 9.11. The lowest BCUT2D eigenvalue weighted by atomic mass is 9.97. The Morgan fingerprint density at radius 1 is 1.24 bits per heavy atom. The largest absolute Gasteiger partial charge is 0.478 e. The summed E-state index contributed by atoms with van der Waals surface area (Å²) in [6.45, 7) is 4.47. The predicted molar refractivity (Wildman–Crippen MR) is 95.9 cm³/mol. The first kappa shape index (κ1) is 17.4. The van der Waals surface area contributed by atoms with Crippen molar-refractivity contribution < 1.29 is 14.7 Å². The second kappa shape index (κ2) is 7.23. The fourth-order valence-corrected chi connectivity index (χ4v) is 3.58. The van der Waals surface area contributed by atoms with Crippen molar-refractivity contribution in [1.29, 1.82) is 0 Å². The van der Waals surface area contributed by atoms with Crippen LogP contribution >= 0.6 is 0 Å². The molecular weight excluding hydrogens is 316 g/mol. The van der Waals surface area contributed by atoms with E-state index in [2.05, 4.69) is 4.90 Å². The smallest absolute Gasteiger partial charge is 0.335 e.